The van der Waals surface area contributed by atoms with Gasteiger partial charge >= 0.3 is 0 Å². The number of benzene rings is 1. The molecule has 0 aliphatic carbocycles. The first-order valence-corrected chi connectivity index (χ1v) is 7.22. The Labute approximate surface area is 120 Å². The summed E-state index contributed by atoms with van der Waals surface area (Å²) >= 11 is 1.16. The molecule has 2 rings (SSSR count). The molecule has 0 aromatic heterocycles. The van der Waals surface area contributed by atoms with Gasteiger partial charge in [0.05, 0.1) is 15.6 Å². The van der Waals surface area contributed by atoms with Crippen LogP contribution in [0.3, 0.4) is 0 Å². The molecule has 0 bridgehead atoms. The van der Waals surface area contributed by atoms with Crippen molar-refractivity contribution in [3.8, 4) is 0 Å². The zero-order valence-corrected chi connectivity index (χ0v) is 11.6. The van der Waals surface area contributed by atoms with Crippen molar-refractivity contribution >= 4 is 29.1 Å². The molecule has 0 N–H and O–H groups in total. The highest BCUT2D eigenvalue weighted by molar-refractivity contribution is 8.00. The van der Waals surface area contributed by atoms with E-state index < -0.39 is 4.92 Å². The van der Waals surface area contributed by atoms with Crippen LogP contribution < -0.4 is 0 Å². The predicted octanol–water partition coefficient (Wildman–Crippen LogP) is 1.88. The summed E-state index contributed by atoms with van der Waals surface area (Å²) in [5.41, 5.74) is 0.0131. The Morgan fingerprint density at radius 3 is 2.60 bits per heavy atom. The van der Waals surface area contributed by atoms with E-state index >= 15 is 0 Å². The molecule has 7 heteroatoms. The van der Waals surface area contributed by atoms with Gasteiger partial charge in [0.25, 0.3) is 5.69 Å². The van der Waals surface area contributed by atoms with Crippen LogP contribution in [0.4, 0.5) is 5.69 Å². The summed E-state index contributed by atoms with van der Waals surface area (Å²) < 4.78 is 0. The number of nitro groups is 1. The van der Waals surface area contributed by atoms with Crippen LogP contribution in [0.25, 0.3) is 0 Å². The van der Waals surface area contributed by atoms with Gasteiger partial charge in [-0.15, -0.1) is 11.8 Å². The van der Waals surface area contributed by atoms with E-state index in [-0.39, 0.29) is 23.1 Å². The van der Waals surface area contributed by atoms with Gasteiger partial charge in [-0.3, -0.25) is 19.7 Å². The number of thioether (sulfide) groups is 1. The summed E-state index contributed by atoms with van der Waals surface area (Å²) in [5.74, 6) is 0.250. The van der Waals surface area contributed by atoms with Crippen molar-refractivity contribution in [3.63, 3.8) is 0 Å². The van der Waals surface area contributed by atoms with Crippen molar-refractivity contribution in [3.05, 3.63) is 34.4 Å². The molecule has 1 aromatic carbocycles. The smallest absolute Gasteiger partial charge is 0.282 e. The molecule has 106 valence electrons. The summed E-state index contributed by atoms with van der Waals surface area (Å²) in [6, 6.07) is 6.36. The third-order valence-corrected chi connectivity index (χ3v) is 4.13. The van der Waals surface area contributed by atoms with E-state index in [1.807, 2.05) is 0 Å². The number of hydrogen-bond acceptors (Lipinski definition) is 5. The second-order valence-electron chi connectivity index (χ2n) is 4.43. The summed E-state index contributed by atoms with van der Waals surface area (Å²) in [4.78, 5) is 35.6. The minimum Gasteiger partial charge on any atom is -0.341 e. The number of carbonyl (C=O) groups is 2. The Morgan fingerprint density at radius 1 is 1.30 bits per heavy atom. The van der Waals surface area contributed by atoms with Gasteiger partial charge in [-0.2, -0.15) is 0 Å². The fraction of sp³-hybridized carbons (Fsp3) is 0.385. The van der Waals surface area contributed by atoms with Crippen molar-refractivity contribution in [2.75, 3.05) is 18.8 Å². The molecule has 1 aromatic rings. The number of Topliss-reactive ketones (excluding diaryl/α,β-unsaturated/α-hetero) is 1. The van der Waals surface area contributed by atoms with Crippen LogP contribution in [0.5, 0.6) is 0 Å². The molecular weight excluding hydrogens is 280 g/mol. The molecule has 1 aliphatic heterocycles. The quantitative estimate of drug-likeness (QED) is 0.481. The summed E-state index contributed by atoms with van der Waals surface area (Å²) in [6.45, 7) is 0.907. The van der Waals surface area contributed by atoms with Gasteiger partial charge in [0.1, 0.15) is 5.78 Å². The Morgan fingerprint density at radius 2 is 1.95 bits per heavy atom. The number of hydrogen-bond donors (Lipinski definition) is 0. The van der Waals surface area contributed by atoms with E-state index in [9.17, 15) is 19.7 Å². The number of amides is 1. The highest BCUT2D eigenvalue weighted by Gasteiger charge is 2.21. The van der Waals surface area contributed by atoms with Crippen molar-refractivity contribution in [2.24, 2.45) is 0 Å². The summed E-state index contributed by atoms with van der Waals surface area (Å²) in [7, 11) is 0. The second-order valence-corrected chi connectivity index (χ2v) is 5.45. The number of likely N-dealkylation sites (tertiary alicyclic amines) is 1. The lowest BCUT2D eigenvalue weighted by molar-refractivity contribution is -0.387. The average molecular weight is 294 g/mol. The zero-order chi connectivity index (χ0) is 14.5. The molecule has 0 spiro atoms. The number of rotatable bonds is 4. The molecule has 1 fully saturated rings. The van der Waals surface area contributed by atoms with Crippen molar-refractivity contribution in [1.29, 1.82) is 0 Å². The van der Waals surface area contributed by atoms with E-state index in [0.29, 0.717) is 30.8 Å². The second kappa shape index (κ2) is 6.51. The maximum Gasteiger partial charge on any atom is 0.282 e. The molecule has 0 radical (unpaired) electrons. The van der Waals surface area contributed by atoms with Crippen LogP contribution >= 0.6 is 11.8 Å². The van der Waals surface area contributed by atoms with Crippen LogP contribution in [0, 0.1) is 10.1 Å². The minimum atomic E-state index is -0.452. The molecule has 1 saturated heterocycles. The van der Waals surface area contributed by atoms with E-state index in [1.54, 1.807) is 23.1 Å². The first-order valence-electron chi connectivity index (χ1n) is 6.23. The molecule has 0 atom stereocenters. The van der Waals surface area contributed by atoms with Crippen LogP contribution in [0.1, 0.15) is 12.8 Å². The van der Waals surface area contributed by atoms with Crippen molar-refractivity contribution in [2.45, 2.75) is 17.7 Å². The molecule has 6 nitrogen and oxygen atoms in total. The number of para-hydroxylation sites is 1. The molecular formula is C13H14N2O4S. The topological polar surface area (TPSA) is 80.5 Å². The fourth-order valence-electron chi connectivity index (χ4n) is 1.97. The number of nitrogens with zero attached hydrogens (tertiary/aromatic N) is 2. The lowest BCUT2D eigenvalue weighted by atomic mass is 10.1. The fourth-order valence-corrected chi connectivity index (χ4v) is 2.89. The zero-order valence-electron chi connectivity index (χ0n) is 10.8. The lowest BCUT2D eigenvalue weighted by Crippen LogP contribution is -2.39. The maximum atomic E-state index is 12.0. The van der Waals surface area contributed by atoms with Gasteiger partial charge in [0, 0.05) is 32.0 Å². The molecule has 1 aliphatic rings. The number of ketones is 1. The van der Waals surface area contributed by atoms with E-state index in [1.165, 1.54) is 6.07 Å². The highest BCUT2D eigenvalue weighted by Crippen LogP contribution is 2.28. The van der Waals surface area contributed by atoms with Crippen LogP contribution in [0.15, 0.2) is 29.2 Å². The molecule has 20 heavy (non-hydrogen) atoms. The highest BCUT2D eigenvalue weighted by atomic mass is 32.2. The third-order valence-electron chi connectivity index (χ3n) is 3.09. The Balaban J connectivity index is 1.93. The van der Waals surface area contributed by atoms with E-state index in [0.717, 1.165) is 11.8 Å². The average Bonchev–Trinajstić information content (AvgIpc) is 2.45. The SMILES string of the molecule is O=C1CCN(C(=O)CSc2ccccc2[N+](=O)[O-])CC1. The van der Waals surface area contributed by atoms with Gasteiger partial charge in [-0.25, -0.2) is 0 Å². The predicted molar refractivity (Wildman–Crippen MR) is 74.6 cm³/mol. The van der Waals surface area contributed by atoms with Gasteiger partial charge in [0.15, 0.2) is 0 Å². The Kier molecular flexibility index (Phi) is 4.73. The summed E-state index contributed by atoms with van der Waals surface area (Å²) in [6.07, 6.45) is 0.809. The van der Waals surface area contributed by atoms with E-state index in [2.05, 4.69) is 0 Å². The monoisotopic (exact) mass is 294 g/mol. The molecule has 0 saturated carbocycles. The van der Waals surface area contributed by atoms with Crippen molar-refractivity contribution in [1.82, 2.24) is 4.90 Å². The minimum absolute atomic E-state index is 0.0131. The van der Waals surface area contributed by atoms with Crippen LogP contribution in [-0.2, 0) is 9.59 Å². The van der Waals surface area contributed by atoms with Gasteiger partial charge < -0.3 is 4.90 Å². The van der Waals surface area contributed by atoms with Crippen molar-refractivity contribution < 1.29 is 14.5 Å². The summed E-state index contributed by atoms with van der Waals surface area (Å²) in [5, 5.41) is 10.9. The number of carbonyl (C=O) groups excluding carboxylic acids is 2. The standard InChI is InChI=1S/C13H14N2O4S/c16-10-5-7-14(8-6-10)13(17)9-20-12-4-2-1-3-11(12)15(18)19/h1-4H,5-9H2. The van der Waals surface area contributed by atoms with Gasteiger partial charge in [0.2, 0.25) is 5.91 Å². The molecule has 0 unspecified atom stereocenters. The maximum absolute atomic E-state index is 12.0. The lowest BCUT2D eigenvalue weighted by Gasteiger charge is -2.25. The number of piperidine rings is 1. The third kappa shape index (κ3) is 3.57. The first-order chi connectivity index (χ1) is 9.58. The number of nitro benzene ring substituents is 1. The van der Waals surface area contributed by atoms with E-state index in [4.69, 9.17) is 0 Å². The molecule has 1 heterocycles. The first kappa shape index (κ1) is 14.5. The van der Waals surface area contributed by atoms with Crippen LogP contribution in [-0.4, -0.2) is 40.4 Å². The largest absolute Gasteiger partial charge is 0.341 e. The molecule has 1 amide bonds. The van der Waals surface area contributed by atoms with Gasteiger partial charge in [-0.05, 0) is 6.07 Å². The van der Waals surface area contributed by atoms with Gasteiger partial charge in [-0.1, -0.05) is 12.1 Å². The Hall–Kier alpha value is -1.89. The van der Waals surface area contributed by atoms with Crippen LogP contribution in [0.2, 0.25) is 0 Å². The Bertz CT molecular complexity index is 537. The normalized spacial score (nSPS) is 15.2.